The number of ether oxygens (including phenoxy) is 1. The van der Waals surface area contributed by atoms with Gasteiger partial charge in [-0.2, -0.15) is 0 Å². The molecule has 0 spiro atoms. The van der Waals surface area contributed by atoms with Crippen LogP contribution in [-0.2, 0) is 16.4 Å². The molecule has 1 aliphatic rings. The maximum atomic E-state index is 11.9. The number of hydrogen-bond donors (Lipinski definition) is 1. The molecule has 0 radical (unpaired) electrons. The minimum absolute atomic E-state index is 0.0285. The first-order chi connectivity index (χ1) is 9.45. The number of hydrogen-bond acceptors (Lipinski definition) is 4. The highest BCUT2D eigenvalue weighted by Crippen LogP contribution is 2.38. The van der Waals surface area contributed by atoms with Gasteiger partial charge in [0, 0.05) is 34.8 Å². The first kappa shape index (κ1) is 15.5. The van der Waals surface area contributed by atoms with Crippen molar-refractivity contribution >= 4 is 10.8 Å². The predicted molar refractivity (Wildman–Crippen MR) is 81.4 cm³/mol. The van der Waals surface area contributed by atoms with Gasteiger partial charge in [0.1, 0.15) is 5.75 Å². The summed E-state index contributed by atoms with van der Waals surface area (Å²) in [7, 11) is 4.74. The van der Waals surface area contributed by atoms with Crippen LogP contribution < -0.4 is 4.74 Å². The Balaban J connectivity index is 2.34. The molecule has 112 valence electrons. The Hall–Kier alpha value is -0.910. The second kappa shape index (κ2) is 6.24. The van der Waals surface area contributed by atoms with Crippen LogP contribution in [0.1, 0.15) is 12.0 Å². The zero-order chi connectivity index (χ0) is 14.8. The van der Waals surface area contributed by atoms with E-state index in [1.807, 2.05) is 43.3 Å². The Morgan fingerprint density at radius 3 is 2.90 bits per heavy atom. The van der Waals surface area contributed by atoms with E-state index in [0.717, 1.165) is 17.9 Å². The molecular weight excluding hydrogens is 274 g/mol. The number of rotatable bonds is 4. The summed E-state index contributed by atoms with van der Waals surface area (Å²) in [5.74, 6) is 1.81. The molecule has 0 saturated carbocycles. The van der Waals surface area contributed by atoms with Crippen LogP contribution in [0.25, 0.3) is 0 Å². The standard InChI is InChI=1S/C15H23NO3S/c1-16(2)10-13-11-20(18)8-7-15(13,17)12-5-4-6-14(9-12)19-3/h4-6,9,13,17H,7-8,10-11H2,1-3H3/t13-,15+,20-/m1/s1. The van der Waals surface area contributed by atoms with Crippen molar-refractivity contribution in [3.63, 3.8) is 0 Å². The molecule has 0 aliphatic carbocycles. The lowest BCUT2D eigenvalue weighted by molar-refractivity contribution is -0.0304. The van der Waals surface area contributed by atoms with Gasteiger partial charge in [-0.05, 0) is 38.2 Å². The SMILES string of the molecule is COc1cccc([C@@]2(O)CC[S@@](=O)C[C@H]2CN(C)C)c1. The van der Waals surface area contributed by atoms with Gasteiger partial charge in [0.25, 0.3) is 0 Å². The first-order valence-corrected chi connectivity index (χ1v) is 8.31. The van der Waals surface area contributed by atoms with Crippen LogP contribution in [0, 0.1) is 5.92 Å². The van der Waals surface area contributed by atoms with Gasteiger partial charge in [0.15, 0.2) is 0 Å². The summed E-state index contributed by atoms with van der Waals surface area (Å²) in [4.78, 5) is 2.04. The number of methoxy groups -OCH3 is 1. The van der Waals surface area contributed by atoms with E-state index in [4.69, 9.17) is 4.74 Å². The second-order valence-corrected chi connectivity index (χ2v) is 7.30. The van der Waals surface area contributed by atoms with Gasteiger partial charge >= 0.3 is 0 Å². The van der Waals surface area contributed by atoms with Crippen molar-refractivity contribution in [3.05, 3.63) is 29.8 Å². The van der Waals surface area contributed by atoms with Crippen molar-refractivity contribution < 1.29 is 14.1 Å². The van der Waals surface area contributed by atoms with Gasteiger partial charge in [-0.3, -0.25) is 4.21 Å². The molecule has 1 N–H and O–H groups in total. The number of benzene rings is 1. The van der Waals surface area contributed by atoms with Gasteiger partial charge in [-0.25, -0.2) is 0 Å². The van der Waals surface area contributed by atoms with Crippen molar-refractivity contribution in [1.82, 2.24) is 4.90 Å². The highest BCUT2D eigenvalue weighted by molar-refractivity contribution is 7.85. The maximum absolute atomic E-state index is 11.9. The normalized spacial score (nSPS) is 30.4. The van der Waals surface area contributed by atoms with E-state index in [-0.39, 0.29) is 5.92 Å². The molecule has 0 unspecified atom stereocenters. The lowest BCUT2D eigenvalue weighted by Crippen LogP contribution is -2.48. The third-order valence-electron chi connectivity index (χ3n) is 3.93. The molecule has 2 rings (SSSR count). The van der Waals surface area contributed by atoms with Crippen LogP contribution in [0.4, 0.5) is 0 Å². The summed E-state index contributed by atoms with van der Waals surface area (Å²) in [6.07, 6.45) is 0.533. The molecule has 0 bridgehead atoms. The Bertz CT molecular complexity index is 492. The molecule has 1 aromatic carbocycles. The Morgan fingerprint density at radius 2 is 2.25 bits per heavy atom. The first-order valence-electron chi connectivity index (χ1n) is 6.82. The highest BCUT2D eigenvalue weighted by Gasteiger charge is 2.43. The van der Waals surface area contributed by atoms with Gasteiger partial charge in [0.05, 0.1) is 12.7 Å². The van der Waals surface area contributed by atoms with E-state index < -0.39 is 16.4 Å². The van der Waals surface area contributed by atoms with Crippen molar-refractivity contribution in [2.75, 3.05) is 39.3 Å². The van der Waals surface area contributed by atoms with Crippen LogP contribution >= 0.6 is 0 Å². The lowest BCUT2D eigenvalue weighted by atomic mass is 9.79. The largest absolute Gasteiger partial charge is 0.497 e. The maximum Gasteiger partial charge on any atom is 0.119 e. The summed E-state index contributed by atoms with van der Waals surface area (Å²) >= 11 is 0. The fourth-order valence-corrected chi connectivity index (χ4v) is 4.37. The van der Waals surface area contributed by atoms with Gasteiger partial charge < -0.3 is 14.7 Å². The van der Waals surface area contributed by atoms with Gasteiger partial charge in [-0.1, -0.05) is 12.1 Å². The smallest absolute Gasteiger partial charge is 0.119 e. The van der Waals surface area contributed by atoms with Crippen LogP contribution in [0.15, 0.2) is 24.3 Å². The van der Waals surface area contributed by atoms with Gasteiger partial charge in [-0.15, -0.1) is 0 Å². The quantitative estimate of drug-likeness (QED) is 0.908. The molecule has 0 amide bonds. The zero-order valence-corrected chi connectivity index (χ0v) is 13.2. The summed E-state index contributed by atoms with van der Waals surface area (Å²) in [6.45, 7) is 0.722. The molecule has 1 aliphatic heterocycles. The summed E-state index contributed by atoms with van der Waals surface area (Å²) in [6, 6.07) is 7.58. The van der Waals surface area contributed by atoms with Crippen molar-refractivity contribution in [2.24, 2.45) is 5.92 Å². The molecule has 1 fully saturated rings. The molecule has 4 nitrogen and oxygen atoms in total. The van der Waals surface area contributed by atoms with Gasteiger partial charge in [0.2, 0.25) is 0 Å². The summed E-state index contributed by atoms with van der Waals surface area (Å²) in [5.41, 5.74) is -0.0624. The summed E-state index contributed by atoms with van der Waals surface area (Å²) < 4.78 is 17.1. The molecule has 1 saturated heterocycles. The minimum Gasteiger partial charge on any atom is -0.497 e. The van der Waals surface area contributed by atoms with Crippen LogP contribution in [0.5, 0.6) is 5.75 Å². The Morgan fingerprint density at radius 1 is 1.50 bits per heavy atom. The predicted octanol–water partition coefficient (Wildman–Crippen LogP) is 1.21. The Labute approximate surface area is 123 Å². The third-order valence-corrected chi connectivity index (χ3v) is 5.36. The summed E-state index contributed by atoms with van der Waals surface area (Å²) in [5, 5.41) is 11.2. The van der Waals surface area contributed by atoms with E-state index in [9.17, 15) is 9.32 Å². The number of nitrogens with zero attached hydrogens (tertiary/aromatic N) is 1. The van der Waals surface area contributed by atoms with Crippen LogP contribution in [-0.4, -0.2) is 53.5 Å². The van der Waals surface area contributed by atoms with Crippen molar-refractivity contribution in [1.29, 1.82) is 0 Å². The molecule has 1 aromatic rings. The zero-order valence-electron chi connectivity index (χ0n) is 12.3. The molecule has 20 heavy (non-hydrogen) atoms. The van der Waals surface area contributed by atoms with E-state index in [2.05, 4.69) is 0 Å². The molecule has 0 aromatic heterocycles. The van der Waals surface area contributed by atoms with Crippen molar-refractivity contribution in [3.8, 4) is 5.75 Å². The fourth-order valence-electron chi connectivity index (χ4n) is 2.84. The fraction of sp³-hybridized carbons (Fsp3) is 0.600. The molecule has 1 heterocycles. The number of aliphatic hydroxyl groups is 1. The van der Waals surface area contributed by atoms with E-state index >= 15 is 0 Å². The topological polar surface area (TPSA) is 49.8 Å². The van der Waals surface area contributed by atoms with Crippen LogP contribution in [0.2, 0.25) is 0 Å². The lowest BCUT2D eigenvalue weighted by Gasteiger charge is -2.41. The molecule has 3 atom stereocenters. The van der Waals surface area contributed by atoms with Crippen molar-refractivity contribution in [2.45, 2.75) is 12.0 Å². The molecular formula is C15H23NO3S. The Kier molecular flexibility index (Phi) is 4.83. The highest BCUT2D eigenvalue weighted by atomic mass is 32.2. The average molecular weight is 297 g/mol. The second-order valence-electron chi connectivity index (χ2n) is 5.68. The third kappa shape index (κ3) is 3.22. The van der Waals surface area contributed by atoms with Crippen LogP contribution in [0.3, 0.4) is 0 Å². The van der Waals surface area contributed by atoms with E-state index in [1.54, 1.807) is 7.11 Å². The van der Waals surface area contributed by atoms with E-state index in [0.29, 0.717) is 17.9 Å². The molecule has 5 heteroatoms. The monoisotopic (exact) mass is 297 g/mol. The van der Waals surface area contributed by atoms with E-state index in [1.165, 1.54) is 0 Å². The minimum atomic E-state index is -0.924. The average Bonchev–Trinajstić information content (AvgIpc) is 2.42.